The third kappa shape index (κ3) is 3.42. The summed E-state index contributed by atoms with van der Waals surface area (Å²) in [6, 6.07) is 7.85. The Morgan fingerprint density at radius 2 is 2.13 bits per heavy atom. The number of sulfone groups is 1. The van der Waals surface area contributed by atoms with Crippen molar-refractivity contribution >= 4 is 26.6 Å². The first-order chi connectivity index (χ1) is 10.9. The highest BCUT2D eigenvalue weighted by Gasteiger charge is 2.33. The molecule has 1 saturated heterocycles. The molecular weight excluding hydrogens is 312 g/mol. The summed E-state index contributed by atoms with van der Waals surface area (Å²) >= 11 is 0. The molecule has 6 heteroatoms. The lowest BCUT2D eigenvalue weighted by atomic mass is 10.1. The molecule has 23 heavy (non-hydrogen) atoms. The number of H-pyrrole nitrogens is 1. The first-order valence-electron chi connectivity index (χ1n) is 7.96. The highest BCUT2D eigenvalue weighted by atomic mass is 32.2. The van der Waals surface area contributed by atoms with Crippen LogP contribution in [0.15, 0.2) is 24.3 Å². The number of carbonyl (C=O) groups is 1. The quantitative estimate of drug-likeness (QED) is 0.930. The van der Waals surface area contributed by atoms with Crippen LogP contribution in [0.1, 0.15) is 24.6 Å². The van der Waals surface area contributed by atoms with Gasteiger partial charge in [0.15, 0.2) is 9.84 Å². The molecule has 0 spiro atoms. The van der Waals surface area contributed by atoms with Crippen molar-refractivity contribution in [3.8, 4) is 0 Å². The second kappa shape index (κ2) is 6.00. The maximum Gasteiger partial charge on any atom is 0.227 e. The summed E-state index contributed by atoms with van der Waals surface area (Å²) in [6.45, 7) is 4.45. The number of fused-ring (bicyclic) bond motifs is 1. The van der Waals surface area contributed by atoms with Crippen LogP contribution < -0.4 is 0 Å². The minimum atomic E-state index is -2.98. The number of hydrogen-bond donors (Lipinski definition) is 1. The minimum Gasteiger partial charge on any atom is -0.359 e. The van der Waals surface area contributed by atoms with E-state index in [2.05, 4.69) is 11.1 Å². The second-order valence-corrected chi connectivity index (χ2v) is 8.52. The van der Waals surface area contributed by atoms with Crippen molar-refractivity contribution in [1.82, 2.24) is 9.88 Å². The van der Waals surface area contributed by atoms with Crippen molar-refractivity contribution in [2.24, 2.45) is 0 Å². The van der Waals surface area contributed by atoms with E-state index in [1.54, 1.807) is 4.90 Å². The van der Waals surface area contributed by atoms with Crippen LogP contribution in [0, 0.1) is 6.92 Å². The van der Waals surface area contributed by atoms with Gasteiger partial charge in [0.1, 0.15) is 0 Å². The van der Waals surface area contributed by atoms with Crippen LogP contribution in [0.4, 0.5) is 0 Å². The fraction of sp³-hybridized carbons (Fsp3) is 0.471. The molecule has 2 aromatic rings. The van der Waals surface area contributed by atoms with E-state index in [0.29, 0.717) is 19.4 Å². The van der Waals surface area contributed by atoms with Gasteiger partial charge in [-0.2, -0.15) is 0 Å². The molecule has 1 aromatic carbocycles. The molecular formula is C17H22N2O3S. The van der Waals surface area contributed by atoms with Crippen molar-refractivity contribution in [2.75, 3.05) is 18.1 Å². The van der Waals surface area contributed by atoms with Gasteiger partial charge in [-0.3, -0.25) is 4.79 Å². The largest absolute Gasteiger partial charge is 0.359 e. The maximum absolute atomic E-state index is 12.6. The lowest BCUT2D eigenvalue weighted by Crippen LogP contribution is -2.41. The predicted molar refractivity (Wildman–Crippen MR) is 91.2 cm³/mol. The smallest absolute Gasteiger partial charge is 0.227 e. The highest BCUT2D eigenvalue weighted by molar-refractivity contribution is 7.91. The zero-order valence-electron chi connectivity index (χ0n) is 13.5. The number of carbonyl (C=O) groups excluding carboxylic acids is 1. The molecule has 1 aromatic heterocycles. The fourth-order valence-electron chi connectivity index (χ4n) is 3.37. The van der Waals surface area contributed by atoms with Gasteiger partial charge < -0.3 is 9.88 Å². The van der Waals surface area contributed by atoms with Crippen molar-refractivity contribution in [2.45, 2.75) is 32.7 Å². The lowest BCUT2D eigenvalue weighted by molar-refractivity contribution is -0.132. The number of rotatable bonds is 4. The zero-order valence-corrected chi connectivity index (χ0v) is 14.3. The van der Waals surface area contributed by atoms with Crippen LogP contribution >= 0.6 is 0 Å². The van der Waals surface area contributed by atoms with Gasteiger partial charge in [-0.05, 0) is 49.4 Å². The summed E-state index contributed by atoms with van der Waals surface area (Å²) in [4.78, 5) is 17.6. The monoisotopic (exact) mass is 334 g/mol. The van der Waals surface area contributed by atoms with Gasteiger partial charge in [0.05, 0.1) is 17.9 Å². The van der Waals surface area contributed by atoms with Crippen molar-refractivity contribution < 1.29 is 13.2 Å². The number of hydrogen-bond acceptors (Lipinski definition) is 3. The molecule has 5 nitrogen and oxygen atoms in total. The maximum atomic E-state index is 12.6. The first kappa shape index (κ1) is 16.1. The highest BCUT2D eigenvalue weighted by Crippen LogP contribution is 2.21. The van der Waals surface area contributed by atoms with Gasteiger partial charge in [-0.25, -0.2) is 8.42 Å². The van der Waals surface area contributed by atoms with Crippen LogP contribution in [0.2, 0.25) is 0 Å². The van der Waals surface area contributed by atoms with E-state index in [4.69, 9.17) is 0 Å². The standard InChI is InChI=1S/C17H22N2O3S/c1-3-19(15-6-7-23(21,22)11-15)17(20)10-13-4-5-16-14(9-13)8-12(2)18-16/h4-5,8-9,15,18H,3,6-7,10-11H2,1-2H3. The summed E-state index contributed by atoms with van der Waals surface area (Å²) in [5.74, 6) is 0.291. The third-order valence-electron chi connectivity index (χ3n) is 4.49. The number of aryl methyl sites for hydroxylation is 1. The molecule has 0 radical (unpaired) electrons. The molecule has 1 fully saturated rings. The predicted octanol–water partition coefficient (Wildman–Crippen LogP) is 2.05. The van der Waals surface area contributed by atoms with Crippen molar-refractivity contribution in [3.63, 3.8) is 0 Å². The molecule has 1 atom stereocenters. The normalized spacial score (nSPS) is 20.0. The van der Waals surface area contributed by atoms with Gasteiger partial charge >= 0.3 is 0 Å². The van der Waals surface area contributed by atoms with Crippen LogP contribution in [0.25, 0.3) is 10.9 Å². The number of amides is 1. The van der Waals surface area contributed by atoms with Crippen LogP contribution in [-0.4, -0.2) is 48.3 Å². The lowest BCUT2D eigenvalue weighted by Gasteiger charge is -2.27. The Morgan fingerprint density at radius 1 is 1.35 bits per heavy atom. The summed E-state index contributed by atoms with van der Waals surface area (Å²) in [7, 11) is -2.98. The van der Waals surface area contributed by atoms with Gasteiger partial charge in [-0.15, -0.1) is 0 Å². The zero-order chi connectivity index (χ0) is 16.6. The summed E-state index contributed by atoms with van der Waals surface area (Å²) in [6.07, 6.45) is 0.864. The van der Waals surface area contributed by atoms with Gasteiger partial charge in [0, 0.05) is 23.8 Å². The van der Waals surface area contributed by atoms with E-state index in [-0.39, 0.29) is 23.5 Å². The topological polar surface area (TPSA) is 70.2 Å². The van der Waals surface area contributed by atoms with E-state index in [0.717, 1.165) is 22.2 Å². The molecule has 3 rings (SSSR count). The molecule has 1 aliphatic heterocycles. The second-order valence-electron chi connectivity index (χ2n) is 6.29. The fourth-order valence-corrected chi connectivity index (χ4v) is 5.10. The van der Waals surface area contributed by atoms with Crippen LogP contribution in [-0.2, 0) is 21.1 Å². The number of benzene rings is 1. The molecule has 1 amide bonds. The minimum absolute atomic E-state index is 0.00112. The average molecular weight is 334 g/mol. The number of nitrogens with one attached hydrogen (secondary N) is 1. The SMILES string of the molecule is CCN(C(=O)Cc1ccc2[nH]c(C)cc2c1)C1CCS(=O)(=O)C1. The van der Waals surface area contributed by atoms with Crippen LogP contribution in [0.3, 0.4) is 0 Å². The molecule has 1 unspecified atom stereocenters. The molecule has 0 bridgehead atoms. The third-order valence-corrected chi connectivity index (χ3v) is 6.24. The Hall–Kier alpha value is -1.82. The average Bonchev–Trinajstić information content (AvgIpc) is 3.00. The summed E-state index contributed by atoms with van der Waals surface area (Å²) in [5.41, 5.74) is 3.11. The Balaban J connectivity index is 1.75. The number of nitrogens with zero attached hydrogens (tertiary/aromatic N) is 1. The first-order valence-corrected chi connectivity index (χ1v) is 9.78. The number of aromatic amines is 1. The Labute approximate surface area is 136 Å². The van der Waals surface area contributed by atoms with E-state index in [9.17, 15) is 13.2 Å². The van der Waals surface area contributed by atoms with E-state index in [1.807, 2.05) is 32.0 Å². The van der Waals surface area contributed by atoms with Crippen molar-refractivity contribution in [1.29, 1.82) is 0 Å². The molecule has 0 aliphatic carbocycles. The van der Waals surface area contributed by atoms with E-state index < -0.39 is 9.84 Å². The van der Waals surface area contributed by atoms with E-state index in [1.165, 1.54) is 0 Å². The van der Waals surface area contributed by atoms with Gasteiger partial charge in [0.2, 0.25) is 5.91 Å². The molecule has 124 valence electrons. The molecule has 1 N–H and O–H groups in total. The Morgan fingerprint density at radius 3 is 2.78 bits per heavy atom. The molecule has 2 heterocycles. The van der Waals surface area contributed by atoms with Crippen LogP contribution in [0.5, 0.6) is 0 Å². The molecule has 1 aliphatic rings. The summed E-state index contributed by atoms with van der Waals surface area (Å²) in [5, 5.41) is 1.10. The van der Waals surface area contributed by atoms with Crippen molar-refractivity contribution in [3.05, 3.63) is 35.5 Å². The summed E-state index contributed by atoms with van der Waals surface area (Å²) < 4.78 is 23.3. The Kier molecular flexibility index (Phi) is 4.19. The number of likely N-dealkylation sites (N-methyl/N-ethyl adjacent to an activating group) is 1. The Bertz CT molecular complexity index is 839. The van der Waals surface area contributed by atoms with E-state index >= 15 is 0 Å². The number of aromatic nitrogens is 1. The van der Waals surface area contributed by atoms with Gasteiger partial charge in [-0.1, -0.05) is 6.07 Å². The molecule has 0 saturated carbocycles. The van der Waals surface area contributed by atoms with Gasteiger partial charge in [0.25, 0.3) is 0 Å².